The van der Waals surface area contributed by atoms with Crippen LogP contribution in [0.5, 0.6) is 0 Å². The smallest absolute Gasteiger partial charge is 0.223 e. The van der Waals surface area contributed by atoms with Crippen molar-refractivity contribution in [3.05, 3.63) is 0 Å². The van der Waals surface area contributed by atoms with Crippen molar-refractivity contribution in [2.24, 2.45) is 17.6 Å². The predicted octanol–water partition coefficient (Wildman–Crippen LogP) is 2.60. The van der Waals surface area contributed by atoms with Crippen molar-refractivity contribution >= 4 is 5.91 Å². The molecule has 1 saturated carbocycles. The van der Waals surface area contributed by atoms with Crippen LogP contribution in [0, 0.1) is 11.8 Å². The molecule has 0 radical (unpaired) electrons. The molecule has 0 aromatic carbocycles. The van der Waals surface area contributed by atoms with Gasteiger partial charge in [0.2, 0.25) is 5.91 Å². The lowest BCUT2D eigenvalue weighted by molar-refractivity contribution is -0.131. The molecule has 1 saturated heterocycles. The quantitative estimate of drug-likeness (QED) is 0.838. The lowest BCUT2D eigenvalue weighted by Crippen LogP contribution is -2.50. The zero-order chi connectivity index (χ0) is 15.5. The van der Waals surface area contributed by atoms with E-state index in [2.05, 4.69) is 26.1 Å². The number of ether oxygens (including phenoxy) is 1. The molecule has 3 N–H and O–H groups in total. The maximum absolute atomic E-state index is 12.5. The summed E-state index contributed by atoms with van der Waals surface area (Å²) < 4.78 is 5.98. The van der Waals surface area contributed by atoms with Crippen molar-refractivity contribution in [1.82, 2.24) is 5.32 Å². The van der Waals surface area contributed by atoms with E-state index in [9.17, 15) is 4.79 Å². The highest BCUT2D eigenvalue weighted by atomic mass is 16.5. The first kappa shape index (κ1) is 16.8. The summed E-state index contributed by atoms with van der Waals surface area (Å²) in [7, 11) is 0. The van der Waals surface area contributed by atoms with E-state index in [1.54, 1.807) is 0 Å². The maximum Gasteiger partial charge on any atom is 0.223 e. The highest BCUT2D eigenvalue weighted by Crippen LogP contribution is 2.32. The molecule has 21 heavy (non-hydrogen) atoms. The summed E-state index contributed by atoms with van der Waals surface area (Å²) in [6.07, 6.45) is 6.80. The lowest BCUT2D eigenvalue weighted by atomic mass is 9.79. The minimum Gasteiger partial charge on any atom is -0.375 e. The first-order valence-corrected chi connectivity index (χ1v) is 8.69. The molecule has 0 aromatic heterocycles. The Morgan fingerprint density at radius 2 is 2.00 bits per heavy atom. The van der Waals surface area contributed by atoms with Gasteiger partial charge in [-0.3, -0.25) is 4.79 Å². The normalized spacial score (nSPS) is 36.2. The molecule has 0 spiro atoms. The predicted molar refractivity (Wildman–Crippen MR) is 84.9 cm³/mol. The Morgan fingerprint density at radius 3 is 2.62 bits per heavy atom. The van der Waals surface area contributed by atoms with E-state index >= 15 is 0 Å². The second-order valence-electron chi connectivity index (χ2n) is 7.09. The Hall–Kier alpha value is -0.610. The monoisotopic (exact) mass is 296 g/mol. The van der Waals surface area contributed by atoms with Crippen molar-refractivity contribution in [2.75, 3.05) is 6.61 Å². The number of carbonyl (C=O) groups is 1. The summed E-state index contributed by atoms with van der Waals surface area (Å²) in [5, 5.41) is 3.27. The molecule has 4 unspecified atom stereocenters. The summed E-state index contributed by atoms with van der Waals surface area (Å²) in [5.74, 6) is 0.868. The Balaban J connectivity index is 1.87. The van der Waals surface area contributed by atoms with Crippen LogP contribution in [-0.2, 0) is 9.53 Å². The number of nitrogens with two attached hydrogens (primary N) is 1. The van der Waals surface area contributed by atoms with Gasteiger partial charge in [0.1, 0.15) is 0 Å². The van der Waals surface area contributed by atoms with Crippen LogP contribution >= 0.6 is 0 Å². The molecule has 1 aliphatic heterocycles. The highest BCUT2D eigenvalue weighted by molar-refractivity contribution is 5.79. The fraction of sp³-hybridized carbons (Fsp3) is 0.941. The third-order valence-corrected chi connectivity index (χ3v) is 5.76. The van der Waals surface area contributed by atoms with Gasteiger partial charge in [0.25, 0.3) is 0 Å². The van der Waals surface area contributed by atoms with Crippen molar-refractivity contribution < 1.29 is 9.53 Å². The van der Waals surface area contributed by atoms with Crippen LogP contribution in [0.25, 0.3) is 0 Å². The van der Waals surface area contributed by atoms with Crippen molar-refractivity contribution in [1.29, 1.82) is 0 Å². The SMILES string of the molecule is CCC1(CC)CC(NC(=O)C2CCC(C)C(N)C2)CCO1. The number of amides is 1. The van der Waals surface area contributed by atoms with Gasteiger partial charge in [-0.05, 0) is 50.9 Å². The van der Waals surface area contributed by atoms with Gasteiger partial charge in [-0.25, -0.2) is 0 Å². The molecule has 4 atom stereocenters. The Labute approximate surface area is 129 Å². The van der Waals surface area contributed by atoms with E-state index in [0.717, 1.165) is 51.6 Å². The molecule has 2 rings (SSSR count). The molecule has 122 valence electrons. The van der Waals surface area contributed by atoms with Gasteiger partial charge < -0.3 is 15.8 Å². The molecule has 2 fully saturated rings. The summed E-state index contributed by atoms with van der Waals surface area (Å²) in [5.41, 5.74) is 6.09. The van der Waals surface area contributed by atoms with Crippen LogP contribution in [0.1, 0.15) is 65.7 Å². The average Bonchev–Trinajstić information content (AvgIpc) is 2.50. The highest BCUT2D eigenvalue weighted by Gasteiger charge is 2.36. The van der Waals surface area contributed by atoms with E-state index in [4.69, 9.17) is 10.5 Å². The molecule has 0 aromatic rings. The first-order valence-electron chi connectivity index (χ1n) is 8.69. The van der Waals surface area contributed by atoms with Crippen LogP contribution in [0.15, 0.2) is 0 Å². The third kappa shape index (κ3) is 3.98. The second kappa shape index (κ2) is 7.10. The van der Waals surface area contributed by atoms with Gasteiger partial charge in [0.15, 0.2) is 0 Å². The number of carbonyl (C=O) groups excluding carboxylic acids is 1. The largest absolute Gasteiger partial charge is 0.375 e. The van der Waals surface area contributed by atoms with Gasteiger partial charge in [0.05, 0.1) is 5.60 Å². The molecule has 1 heterocycles. The van der Waals surface area contributed by atoms with Crippen LogP contribution < -0.4 is 11.1 Å². The molecule has 1 aliphatic carbocycles. The second-order valence-corrected chi connectivity index (χ2v) is 7.09. The standard InChI is InChI=1S/C17H32N2O2/c1-4-17(5-2)11-14(8-9-21-17)19-16(20)13-7-6-12(3)15(18)10-13/h12-15H,4-11,18H2,1-3H3,(H,19,20). The molecule has 4 nitrogen and oxygen atoms in total. The van der Waals surface area contributed by atoms with E-state index in [0.29, 0.717) is 5.92 Å². The van der Waals surface area contributed by atoms with Crippen LogP contribution in [0.4, 0.5) is 0 Å². The Morgan fingerprint density at radius 1 is 1.29 bits per heavy atom. The van der Waals surface area contributed by atoms with Crippen LogP contribution in [-0.4, -0.2) is 30.2 Å². The maximum atomic E-state index is 12.5. The number of hydrogen-bond acceptors (Lipinski definition) is 3. The summed E-state index contributed by atoms with van der Waals surface area (Å²) in [6.45, 7) is 7.30. The summed E-state index contributed by atoms with van der Waals surface area (Å²) in [4.78, 5) is 12.5. The lowest BCUT2D eigenvalue weighted by Gasteiger charge is -2.41. The van der Waals surface area contributed by atoms with Gasteiger partial charge in [-0.15, -0.1) is 0 Å². The van der Waals surface area contributed by atoms with Crippen molar-refractivity contribution in [3.8, 4) is 0 Å². The zero-order valence-electron chi connectivity index (χ0n) is 13.9. The van der Waals surface area contributed by atoms with E-state index in [1.807, 2.05) is 0 Å². The van der Waals surface area contributed by atoms with Crippen LogP contribution in [0.2, 0.25) is 0 Å². The minimum atomic E-state index is -0.0340. The van der Waals surface area contributed by atoms with Gasteiger partial charge >= 0.3 is 0 Å². The summed E-state index contributed by atoms with van der Waals surface area (Å²) >= 11 is 0. The van der Waals surface area contributed by atoms with E-state index in [1.165, 1.54) is 0 Å². The minimum absolute atomic E-state index is 0.0340. The fourth-order valence-corrected chi connectivity index (χ4v) is 3.81. The van der Waals surface area contributed by atoms with Gasteiger partial charge in [-0.1, -0.05) is 20.8 Å². The first-order chi connectivity index (χ1) is 9.99. The molecule has 4 heteroatoms. The number of hydrogen-bond donors (Lipinski definition) is 2. The zero-order valence-corrected chi connectivity index (χ0v) is 13.9. The van der Waals surface area contributed by atoms with Gasteiger partial charge in [-0.2, -0.15) is 0 Å². The molecular weight excluding hydrogens is 264 g/mol. The Kier molecular flexibility index (Phi) is 5.67. The number of nitrogens with one attached hydrogen (secondary N) is 1. The van der Waals surface area contributed by atoms with Gasteiger partial charge in [0, 0.05) is 24.6 Å². The third-order valence-electron chi connectivity index (χ3n) is 5.76. The summed E-state index contributed by atoms with van der Waals surface area (Å²) in [6, 6.07) is 0.441. The molecule has 1 amide bonds. The molecular formula is C17H32N2O2. The van der Waals surface area contributed by atoms with Crippen LogP contribution in [0.3, 0.4) is 0 Å². The molecule has 0 bridgehead atoms. The fourth-order valence-electron chi connectivity index (χ4n) is 3.81. The van der Waals surface area contributed by atoms with E-state index in [-0.39, 0.29) is 29.5 Å². The number of rotatable bonds is 4. The van der Waals surface area contributed by atoms with Crippen molar-refractivity contribution in [2.45, 2.75) is 83.4 Å². The topological polar surface area (TPSA) is 64.4 Å². The molecule has 2 aliphatic rings. The Bertz CT molecular complexity index is 355. The van der Waals surface area contributed by atoms with Crippen molar-refractivity contribution in [3.63, 3.8) is 0 Å². The average molecular weight is 296 g/mol. The van der Waals surface area contributed by atoms with E-state index < -0.39 is 0 Å².